The van der Waals surface area contributed by atoms with Crippen LogP contribution in [0.4, 0.5) is 29.3 Å². The molecule has 0 saturated carbocycles. The monoisotopic (exact) mass is 395 g/mol. The van der Waals surface area contributed by atoms with Crippen molar-refractivity contribution in [2.75, 3.05) is 10.6 Å². The van der Waals surface area contributed by atoms with Crippen molar-refractivity contribution in [1.82, 2.24) is 4.98 Å². The number of anilines is 2. The summed E-state index contributed by atoms with van der Waals surface area (Å²) in [6.07, 6.45) is -4.55. The smallest absolute Gasteiger partial charge is 0.355 e. The van der Waals surface area contributed by atoms with Crippen molar-refractivity contribution in [1.29, 1.82) is 0 Å². The topological polar surface area (TPSA) is 56.9 Å². The van der Waals surface area contributed by atoms with Gasteiger partial charge in [-0.15, -0.1) is 0 Å². The van der Waals surface area contributed by atoms with Crippen LogP contribution in [0.2, 0.25) is 0 Å². The van der Waals surface area contributed by atoms with Crippen LogP contribution in [0.3, 0.4) is 0 Å². The van der Waals surface area contributed by atoms with Gasteiger partial charge in [0.2, 0.25) is 0 Å². The molecule has 4 aromatic rings. The van der Waals surface area contributed by atoms with E-state index in [-0.39, 0.29) is 5.69 Å². The lowest BCUT2D eigenvalue weighted by Crippen LogP contribution is -2.21. The van der Waals surface area contributed by atoms with Crippen molar-refractivity contribution in [2.24, 2.45) is 0 Å². The maximum Gasteiger partial charge on any atom is 0.418 e. The highest BCUT2D eigenvalue weighted by Crippen LogP contribution is 2.34. The number of aromatic amines is 1. The van der Waals surface area contributed by atoms with Crippen LogP contribution in [0, 0.1) is 0 Å². The SMILES string of the molecule is O=C(Nc1ccc(-c2cc3ccccc3[nH]2)cc1)Nc1ccccc1C(F)(F)F. The van der Waals surface area contributed by atoms with E-state index in [9.17, 15) is 18.0 Å². The Morgan fingerprint density at radius 3 is 2.24 bits per heavy atom. The first-order valence-corrected chi connectivity index (χ1v) is 8.82. The minimum absolute atomic E-state index is 0.299. The number of carbonyl (C=O) groups is 1. The van der Waals surface area contributed by atoms with Crippen molar-refractivity contribution in [3.8, 4) is 11.3 Å². The molecule has 7 heteroatoms. The molecule has 0 aliphatic heterocycles. The van der Waals surface area contributed by atoms with Gasteiger partial charge in [-0.3, -0.25) is 0 Å². The third-order valence-corrected chi connectivity index (χ3v) is 4.46. The molecule has 0 saturated heterocycles. The number of H-pyrrole nitrogens is 1. The van der Waals surface area contributed by atoms with Crippen LogP contribution in [0.5, 0.6) is 0 Å². The van der Waals surface area contributed by atoms with Gasteiger partial charge in [-0.05, 0) is 42.0 Å². The van der Waals surface area contributed by atoms with Crippen LogP contribution < -0.4 is 10.6 Å². The molecule has 2 amide bonds. The predicted molar refractivity (Wildman–Crippen MR) is 108 cm³/mol. The van der Waals surface area contributed by atoms with Crippen molar-refractivity contribution in [3.63, 3.8) is 0 Å². The Hall–Kier alpha value is -3.74. The first-order valence-electron chi connectivity index (χ1n) is 8.82. The molecular weight excluding hydrogens is 379 g/mol. The lowest BCUT2D eigenvalue weighted by Gasteiger charge is -2.14. The van der Waals surface area contributed by atoms with Gasteiger partial charge in [-0.2, -0.15) is 13.2 Å². The first kappa shape index (κ1) is 18.6. The number of alkyl halides is 3. The van der Waals surface area contributed by atoms with Gasteiger partial charge in [-0.25, -0.2) is 4.79 Å². The molecular formula is C22H16F3N3O. The number of aromatic nitrogens is 1. The number of hydrogen-bond acceptors (Lipinski definition) is 1. The second kappa shape index (κ2) is 7.35. The Morgan fingerprint density at radius 2 is 1.52 bits per heavy atom. The van der Waals surface area contributed by atoms with Gasteiger partial charge < -0.3 is 15.6 Å². The second-order valence-corrected chi connectivity index (χ2v) is 6.47. The molecule has 0 radical (unpaired) electrons. The zero-order chi connectivity index (χ0) is 20.4. The molecule has 0 spiro atoms. The molecule has 1 aromatic heterocycles. The highest BCUT2D eigenvalue weighted by atomic mass is 19.4. The molecule has 0 aliphatic carbocycles. The van der Waals surface area contributed by atoms with Crippen molar-refractivity contribution in [2.45, 2.75) is 6.18 Å². The Kier molecular flexibility index (Phi) is 4.72. The lowest BCUT2D eigenvalue weighted by molar-refractivity contribution is -0.136. The summed E-state index contributed by atoms with van der Waals surface area (Å²) in [5.41, 5.74) is 2.15. The van der Waals surface area contributed by atoms with E-state index >= 15 is 0 Å². The van der Waals surface area contributed by atoms with Gasteiger partial charge in [0.1, 0.15) is 0 Å². The number of fused-ring (bicyclic) bond motifs is 1. The zero-order valence-electron chi connectivity index (χ0n) is 15.0. The summed E-state index contributed by atoms with van der Waals surface area (Å²) in [4.78, 5) is 15.5. The van der Waals surface area contributed by atoms with Crippen LogP contribution in [0.25, 0.3) is 22.2 Å². The molecule has 3 N–H and O–H groups in total. The number of nitrogens with one attached hydrogen (secondary N) is 3. The third kappa shape index (κ3) is 4.08. The van der Waals surface area contributed by atoms with Crippen LogP contribution >= 0.6 is 0 Å². The van der Waals surface area contributed by atoms with Gasteiger partial charge in [0.05, 0.1) is 11.3 Å². The second-order valence-electron chi connectivity index (χ2n) is 6.47. The normalized spacial score (nSPS) is 11.4. The minimum atomic E-state index is -4.55. The number of hydrogen-bond donors (Lipinski definition) is 3. The minimum Gasteiger partial charge on any atom is -0.355 e. The molecule has 4 nitrogen and oxygen atoms in total. The Bertz CT molecular complexity index is 1130. The van der Waals surface area contributed by atoms with Crippen LogP contribution in [-0.2, 0) is 6.18 Å². The summed E-state index contributed by atoms with van der Waals surface area (Å²) in [7, 11) is 0. The quantitative estimate of drug-likeness (QED) is 0.364. The fourth-order valence-corrected chi connectivity index (χ4v) is 3.09. The Balaban J connectivity index is 1.47. The van der Waals surface area contributed by atoms with Gasteiger partial charge in [0.25, 0.3) is 0 Å². The van der Waals surface area contributed by atoms with Crippen molar-refractivity contribution < 1.29 is 18.0 Å². The number of rotatable bonds is 3. The molecule has 0 fully saturated rings. The van der Waals surface area contributed by atoms with E-state index in [1.165, 1.54) is 18.2 Å². The fourth-order valence-electron chi connectivity index (χ4n) is 3.09. The van der Waals surface area contributed by atoms with Crippen molar-refractivity contribution in [3.05, 3.63) is 84.4 Å². The van der Waals surface area contributed by atoms with E-state index in [4.69, 9.17) is 0 Å². The van der Waals surface area contributed by atoms with E-state index in [1.807, 2.05) is 42.5 Å². The molecule has 29 heavy (non-hydrogen) atoms. The average molecular weight is 395 g/mol. The number of urea groups is 1. The van der Waals surface area contributed by atoms with Gasteiger partial charge in [0.15, 0.2) is 0 Å². The number of benzene rings is 3. The van der Waals surface area contributed by atoms with E-state index < -0.39 is 17.8 Å². The van der Waals surface area contributed by atoms with Gasteiger partial charge in [0, 0.05) is 22.3 Å². The standard InChI is InChI=1S/C22H16F3N3O/c23-22(24,25)17-6-2-4-8-19(17)28-21(29)26-16-11-9-14(10-12-16)20-13-15-5-1-3-7-18(15)27-20/h1-13,27H,(H2,26,28,29). The molecule has 4 rings (SSSR count). The maximum absolute atomic E-state index is 13.0. The summed E-state index contributed by atoms with van der Waals surface area (Å²) in [6, 6.07) is 21.0. The maximum atomic E-state index is 13.0. The molecule has 0 aliphatic rings. The first-order chi connectivity index (χ1) is 13.9. The van der Waals surface area contributed by atoms with E-state index in [0.717, 1.165) is 28.2 Å². The summed E-state index contributed by atoms with van der Waals surface area (Å²) < 4.78 is 39.1. The number of carbonyl (C=O) groups excluding carboxylic acids is 1. The highest BCUT2D eigenvalue weighted by molar-refractivity contribution is 6.00. The van der Waals surface area contributed by atoms with E-state index in [0.29, 0.717) is 5.69 Å². The molecule has 1 heterocycles. The summed E-state index contributed by atoms with van der Waals surface area (Å²) >= 11 is 0. The molecule has 0 unspecified atom stereocenters. The highest BCUT2D eigenvalue weighted by Gasteiger charge is 2.33. The molecule has 0 atom stereocenters. The zero-order valence-corrected chi connectivity index (χ0v) is 15.0. The van der Waals surface area contributed by atoms with Gasteiger partial charge >= 0.3 is 12.2 Å². The van der Waals surface area contributed by atoms with Crippen molar-refractivity contribution >= 4 is 28.3 Å². The Morgan fingerprint density at radius 1 is 0.828 bits per heavy atom. The average Bonchev–Trinajstić information content (AvgIpc) is 3.12. The molecule has 0 bridgehead atoms. The number of para-hydroxylation sites is 2. The molecule has 146 valence electrons. The van der Waals surface area contributed by atoms with E-state index in [1.54, 1.807) is 12.1 Å². The third-order valence-electron chi connectivity index (χ3n) is 4.46. The summed E-state index contributed by atoms with van der Waals surface area (Å²) in [5, 5.41) is 5.89. The number of amides is 2. The largest absolute Gasteiger partial charge is 0.418 e. The van der Waals surface area contributed by atoms with Crippen LogP contribution in [0.1, 0.15) is 5.56 Å². The van der Waals surface area contributed by atoms with Gasteiger partial charge in [-0.1, -0.05) is 42.5 Å². The number of halogens is 3. The summed E-state index contributed by atoms with van der Waals surface area (Å²) in [5.74, 6) is 0. The molecule has 3 aromatic carbocycles. The van der Waals surface area contributed by atoms with Crippen LogP contribution in [0.15, 0.2) is 78.9 Å². The fraction of sp³-hybridized carbons (Fsp3) is 0.0455. The summed E-state index contributed by atoms with van der Waals surface area (Å²) in [6.45, 7) is 0. The predicted octanol–water partition coefficient (Wildman–Crippen LogP) is 6.50. The van der Waals surface area contributed by atoms with Crippen LogP contribution in [-0.4, -0.2) is 11.0 Å². The lowest BCUT2D eigenvalue weighted by atomic mass is 10.1. The van der Waals surface area contributed by atoms with E-state index in [2.05, 4.69) is 15.6 Å². The Labute approximate surface area is 164 Å².